The molecule has 2 aliphatic rings. The fraction of sp³-hybridized carbons (Fsp3) is 0.319. The highest BCUT2D eigenvalue weighted by atomic mass is 35.5. The number of rotatable bonds is 17. The molecule has 4 N–H and O–H groups in total. The molecule has 2 atom stereocenters. The Morgan fingerprint density at radius 2 is 1.71 bits per heavy atom. The number of halogens is 1. The normalized spacial score (nSPS) is 15.8. The summed E-state index contributed by atoms with van der Waals surface area (Å²) in [5, 5.41) is 28.8. The van der Waals surface area contributed by atoms with Crippen LogP contribution in [-0.4, -0.2) is 47.1 Å². The Kier molecular flexibility index (Phi) is 13.0. The summed E-state index contributed by atoms with van der Waals surface area (Å²) in [6.07, 6.45) is 7.23. The quantitative estimate of drug-likeness (QED) is 0.0688. The van der Waals surface area contributed by atoms with Crippen molar-refractivity contribution in [3.63, 3.8) is 0 Å². The number of aliphatic carboxylic acids is 1. The Hall–Kier alpha value is -5.73. The van der Waals surface area contributed by atoms with E-state index in [1.807, 2.05) is 6.07 Å². The summed E-state index contributed by atoms with van der Waals surface area (Å²) in [7, 11) is 0. The van der Waals surface area contributed by atoms with Crippen LogP contribution in [0.4, 0.5) is 0 Å². The zero-order chi connectivity index (χ0) is 40.6. The molecule has 0 saturated carbocycles. The molecule has 298 valence electrons. The van der Waals surface area contributed by atoms with Crippen molar-refractivity contribution in [3.8, 4) is 39.8 Å². The first-order valence-electron chi connectivity index (χ1n) is 19.8. The average Bonchev–Trinajstić information content (AvgIpc) is 3.84. The van der Waals surface area contributed by atoms with Gasteiger partial charge >= 0.3 is 5.97 Å². The fourth-order valence-electron chi connectivity index (χ4n) is 7.93. The van der Waals surface area contributed by atoms with Gasteiger partial charge < -0.3 is 30.5 Å². The Labute approximate surface area is 344 Å². The van der Waals surface area contributed by atoms with Crippen molar-refractivity contribution in [1.82, 2.24) is 20.9 Å². The molecule has 4 aromatic carbocycles. The number of nitriles is 1. The molecule has 0 bridgehead atoms. The maximum atomic E-state index is 11.6. The molecule has 11 heteroatoms. The minimum absolute atomic E-state index is 0.0797. The molecule has 1 unspecified atom stereocenters. The average molecular weight is 798 g/mol. The van der Waals surface area contributed by atoms with Crippen LogP contribution >= 0.6 is 11.6 Å². The number of ether oxygens (including phenoxy) is 2. The second-order valence-electron chi connectivity index (χ2n) is 15.2. The van der Waals surface area contributed by atoms with Crippen molar-refractivity contribution in [2.24, 2.45) is 0 Å². The third-order valence-corrected chi connectivity index (χ3v) is 11.4. The van der Waals surface area contributed by atoms with E-state index in [4.69, 9.17) is 26.2 Å². The number of fused-ring (bicyclic) bond motifs is 1. The number of pyridine rings is 1. The maximum Gasteiger partial charge on any atom is 0.303 e. The third kappa shape index (κ3) is 9.86. The molecule has 10 nitrogen and oxygen atoms in total. The Bertz CT molecular complexity index is 2360. The lowest BCUT2D eigenvalue weighted by Crippen LogP contribution is -2.40. The van der Waals surface area contributed by atoms with Gasteiger partial charge in [0.05, 0.1) is 10.6 Å². The third-order valence-electron chi connectivity index (χ3n) is 11.1. The van der Waals surface area contributed by atoms with Gasteiger partial charge in [0, 0.05) is 67.6 Å². The molecule has 0 radical (unpaired) electrons. The van der Waals surface area contributed by atoms with E-state index in [1.54, 1.807) is 18.3 Å². The highest BCUT2D eigenvalue weighted by Crippen LogP contribution is 2.38. The molecular formula is C47H48ClN5O5. The molecule has 1 aliphatic carbocycles. The van der Waals surface area contributed by atoms with Crippen LogP contribution < -0.4 is 25.4 Å². The van der Waals surface area contributed by atoms with Gasteiger partial charge in [-0.1, -0.05) is 66.2 Å². The summed E-state index contributed by atoms with van der Waals surface area (Å²) in [5.74, 6) is 0.347. The smallest absolute Gasteiger partial charge is 0.303 e. The van der Waals surface area contributed by atoms with Gasteiger partial charge in [0.2, 0.25) is 5.91 Å². The second kappa shape index (κ2) is 18.7. The van der Waals surface area contributed by atoms with Gasteiger partial charge in [-0.25, -0.2) is 0 Å². The number of carbonyl (C=O) groups is 2. The van der Waals surface area contributed by atoms with Gasteiger partial charge in [0.15, 0.2) is 0 Å². The molecular weight excluding hydrogens is 750 g/mol. The highest BCUT2D eigenvalue weighted by Gasteiger charge is 2.26. The minimum atomic E-state index is -0.834. The summed E-state index contributed by atoms with van der Waals surface area (Å²) < 4.78 is 12.6. The largest absolute Gasteiger partial charge is 0.488 e. The molecule has 1 aliphatic heterocycles. The lowest BCUT2D eigenvalue weighted by atomic mass is 9.89. The summed E-state index contributed by atoms with van der Waals surface area (Å²) in [5.41, 5.74) is 12.8. The molecule has 0 spiro atoms. The van der Waals surface area contributed by atoms with Gasteiger partial charge in [-0.2, -0.15) is 5.26 Å². The molecule has 1 saturated heterocycles. The number of aromatic nitrogens is 1. The van der Waals surface area contributed by atoms with Crippen molar-refractivity contribution in [2.75, 3.05) is 13.1 Å². The number of carboxylic acids is 1. The number of hydrogen-bond donors (Lipinski definition) is 4. The van der Waals surface area contributed by atoms with Gasteiger partial charge in [-0.15, -0.1) is 0 Å². The second-order valence-corrected chi connectivity index (χ2v) is 15.6. The summed E-state index contributed by atoms with van der Waals surface area (Å²) >= 11 is 6.81. The van der Waals surface area contributed by atoms with Crippen molar-refractivity contribution in [2.45, 2.75) is 84.2 Å². The first-order chi connectivity index (χ1) is 28.1. The number of nitrogens with one attached hydrogen (secondary N) is 3. The zero-order valence-electron chi connectivity index (χ0n) is 32.9. The van der Waals surface area contributed by atoms with Crippen molar-refractivity contribution >= 4 is 23.5 Å². The Balaban J connectivity index is 1.06. The standard InChI is InChI=1S/C47H48ClN5O5/c1-29-35(28-58-45-21-44(57-27-32-16-31(22-49)23-51-24-32)37(20-43(45)48)25-50-15-5-10-47(55)56)6-3-8-41(29)42-9-4-7-40(30(42)2)34-12-11-33-18-39(19-36(33)17-34)52-26-38-13-14-46(54)53-38/h3-4,6-9,11-12,16-17,20-21,23-24,38-39,50,52H,5,10,13-15,18-19,25-28H2,1-2H3,(H,53,54)(H,55,56)/t38-,39?/m0/s1. The van der Waals surface area contributed by atoms with E-state index < -0.39 is 5.97 Å². The molecule has 5 aromatic rings. The Morgan fingerprint density at radius 3 is 2.50 bits per heavy atom. The van der Waals surface area contributed by atoms with Gasteiger partial charge in [0.1, 0.15) is 30.8 Å². The number of hydrogen-bond acceptors (Lipinski definition) is 8. The van der Waals surface area contributed by atoms with Crippen molar-refractivity contribution in [3.05, 3.63) is 135 Å². The number of benzene rings is 4. The fourth-order valence-corrected chi connectivity index (χ4v) is 8.17. The number of amides is 1. The van der Waals surface area contributed by atoms with E-state index in [9.17, 15) is 14.9 Å². The predicted molar refractivity (Wildman–Crippen MR) is 225 cm³/mol. The van der Waals surface area contributed by atoms with E-state index in [1.165, 1.54) is 39.6 Å². The SMILES string of the molecule is Cc1c(COc2cc(OCc3cncc(C#N)c3)c(CNCCCC(=O)O)cc2Cl)cccc1-c1cccc(-c2ccc3c(c2)CC(NC[C@@H]2CCC(=O)N2)C3)c1C. The monoisotopic (exact) mass is 797 g/mol. The van der Waals surface area contributed by atoms with Crippen LogP contribution in [0, 0.1) is 25.2 Å². The van der Waals surface area contributed by atoms with Crippen LogP contribution in [0.25, 0.3) is 22.3 Å². The number of nitrogens with zero attached hydrogens (tertiary/aromatic N) is 2. The topological polar surface area (TPSA) is 146 Å². The lowest BCUT2D eigenvalue weighted by molar-refractivity contribution is -0.137. The van der Waals surface area contributed by atoms with Gasteiger partial charge in [0.25, 0.3) is 0 Å². The summed E-state index contributed by atoms with van der Waals surface area (Å²) in [6.45, 7) is 6.52. The van der Waals surface area contributed by atoms with E-state index >= 15 is 0 Å². The zero-order valence-corrected chi connectivity index (χ0v) is 33.6. The van der Waals surface area contributed by atoms with Crippen LogP contribution in [-0.2, 0) is 42.2 Å². The Morgan fingerprint density at radius 1 is 0.931 bits per heavy atom. The molecule has 2 heterocycles. The molecule has 1 fully saturated rings. The van der Waals surface area contributed by atoms with E-state index in [2.05, 4.69) is 95.4 Å². The van der Waals surface area contributed by atoms with Crippen LogP contribution in [0.5, 0.6) is 11.5 Å². The first kappa shape index (κ1) is 40.5. The number of carbonyl (C=O) groups excluding carboxylic acids is 1. The van der Waals surface area contributed by atoms with Crippen molar-refractivity contribution in [1.29, 1.82) is 5.26 Å². The molecule has 7 rings (SSSR count). The van der Waals surface area contributed by atoms with Gasteiger partial charge in [-0.05, 0) is 108 Å². The lowest BCUT2D eigenvalue weighted by Gasteiger charge is -2.18. The number of carboxylic acid groups (broad SMARTS) is 1. The van der Waals surface area contributed by atoms with Crippen LogP contribution in [0.15, 0.2) is 85.2 Å². The summed E-state index contributed by atoms with van der Waals surface area (Å²) in [4.78, 5) is 26.7. The van der Waals surface area contributed by atoms with E-state index in [0.29, 0.717) is 54.1 Å². The van der Waals surface area contributed by atoms with E-state index in [0.717, 1.165) is 53.6 Å². The summed E-state index contributed by atoms with van der Waals surface area (Å²) in [6, 6.07) is 27.7. The predicted octanol–water partition coefficient (Wildman–Crippen LogP) is 8.01. The van der Waals surface area contributed by atoms with Crippen LogP contribution in [0.1, 0.15) is 70.2 Å². The molecule has 1 aromatic heterocycles. The first-order valence-corrected chi connectivity index (χ1v) is 20.2. The van der Waals surface area contributed by atoms with Gasteiger partial charge in [-0.3, -0.25) is 14.6 Å². The van der Waals surface area contributed by atoms with Crippen LogP contribution in [0.2, 0.25) is 5.02 Å². The maximum absolute atomic E-state index is 11.6. The van der Waals surface area contributed by atoms with Crippen molar-refractivity contribution < 1.29 is 24.2 Å². The highest BCUT2D eigenvalue weighted by molar-refractivity contribution is 6.32. The molecule has 58 heavy (non-hydrogen) atoms. The molecule has 1 amide bonds. The van der Waals surface area contributed by atoms with E-state index in [-0.39, 0.29) is 31.6 Å². The van der Waals surface area contributed by atoms with Crippen LogP contribution in [0.3, 0.4) is 0 Å². The minimum Gasteiger partial charge on any atom is -0.488 e.